The highest BCUT2D eigenvalue weighted by atomic mass is 16.5. The third-order valence-corrected chi connectivity index (χ3v) is 3.60. The molecular weight excluding hydrogens is 302 g/mol. The maximum atomic E-state index is 5.35. The largest absolute Gasteiger partial charge is 0.496 e. The molecule has 0 amide bonds. The van der Waals surface area contributed by atoms with E-state index in [9.17, 15) is 0 Å². The molecule has 24 heavy (non-hydrogen) atoms. The number of aryl methyl sites for hydroxylation is 1. The van der Waals surface area contributed by atoms with Gasteiger partial charge in [0.05, 0.1) is 13.3 Å². The van der Waals surface area contributed by atoms with Crippen LogP contribution in [0.25, 0.3) is 0 Å². The van der Waals surface area contributed by atoms with Crippen LogP contribution in [0.15, 0.2) is 54.7 Å². The standard InChI is InChI=1S/C18H19N5O/c1-13-7-3-5-9-15(13)21-18-22-17(12-20-23-18)19-11-14-8-4-6-10-16(14)24-2/h3-10,12H,11H2,1-2H3,(H2,19,21,22,23). The molecule has 0 aliphatic carbocycles. The van der Waals surface area contributed by atoms with Crippen LogP contribution in [0.1, 0.15) is 11.1 Å². The van der Waals surface area contributed by atoms with E-state index in [2.05, 4.69) is 25.8 Å². The van der Waals surface area contributed by atoms with Gasteiger partial charge in [0.1, 0.15) is 5.75 Å². The molecule has 0 spiro atoms. The fourth-order valence-electron chi connectivity index (χ4n) is 2.31. The average Bonchev–Trinajstić information content (AvgIpc) is 2.62. The Kier molecular flexibility index (Phi) is 4.86. The Bertz CT molecular complexity index is 822. The predicted octanol–water partition coefficient (Wildman–Crippen LogP) is 3.54. The van der Waals surface area contributed by atoms with Crippen molar-refractivity contribution in [1.82, 2.24) is 15.2 Å². The number of benzene rings is 2. The Morgan fingerprint density at radius 1 is 1.04 bits per heavy atom. The first-order valence-electron chi connectivity index (χ1n) is 7.64. The lowest BCUT2D eigenvalue weighted by atomic mass is 10.2. The van der Waals surface area contributed by atoms with Gasteiger partial charge in [0.15, 0.2) is 5.82 Å². The van der Waals surface area contributed by atoms with E-state index in [1.165, 1.54) is 0 Å². The number of aromatic nitrogens is 3. The molecule has 0 fully saturated rings. The molecule has 0 saturated heterocycles. The third kappa shape index (κ3) is 3.78. The van der Waals surface area contributed by atoms with E-state index in [1.54, 1.807) is 13.3 Å². The van der Waals surface area contributed by atoms with E-state index in [0.29, 0.717) is 18.3 Å². The second-order valence-corrected chi connectivity index (χ2v) is 5.27. The highest BCUT2D eigenvalue weighted by molar-refractivity contribution is 5.58. The van der Waals surface area contributed by atoms with Crippen molar-refractivity contribution in [2.45, 2.75) is 13.5 Å². The maximum absolute atomic E-state index is 5.35. The van der Waals surface area contributed by atoms with E-state index >= 15 is 0 Å². The van der Waals surface area contributed by atoms with Gasteiger partial charge in [0.2, 0.25) is 5.95 Å². The molecule has 0 bridgehead atoms. The van der Waals surface area contributed by atoms with Gasteiger partial charge in [0, 0.05) is 17.8 Å². The van der Waals surface area contributed by atoms with Crippen molar-refractivity contribution in [2.24, 2.45) is 0 Å². The van der Waals surface area contributed by atoms with Gasteiger partial charge in [-0.3, -0.25) is 0 Å². The highest BCUT2D eigenvalue weighted by Crippen LogP contribution is 2.20. The van der Waals surface area contributed by atoms with Crippen molar-refractivity contribution in [2.75, 3.05) is 17.7 Å². The van der Waals surface area contributed by atoms with Crippen LogP contribution in [0, 0.1) is 6.92 Å². The van der Waals surface area contributed by atoms with E-state index in [0.717, 1.165) is 22.6 Å². The predicted molar refractivity (Wildman–Crippen MR) is 94.6 cm³/mol. The summed E-state index contributed by atoms with van der Waals surface area (Å²) in [4.78, 5) is 4.44. The van der Waals surface area contributed by atoms with Gasteiger partial charge in [-0.2, -0.15) is 10.1 Å². The van der Waals surface area contributed by atoms with E-state index in [1.807, 2.05) is 55.5 Å². The highest BCUT2D eigenvalue weighted by Gasteiger charge is 2.05. The van der Waals surface area contributed by atoms with Gasteiger partial charge in [-0.15, -0.1) is 5.10 Å². The summed E-state index contributed by atoms with van der Waals surface area (Å²) in [6.07, 6.45) is 1.60. The van der Waals surface area contributed by atoms with Crippen LogP contribution >= 0.6 is 0 Å². The Balaban J connectivity index is 1.70. The Morgan fingerprint density at radius 2 is 1.83 bits per heavy atom. The number of nitrogens with one attached hydrogen (secondary N) is 2. The lowest BCUT2D eigenvalue weighted by Gasteiger charge is -2.11. The summed E-state index contributed by atoms with van der Waals surface area (Å²) in [5.41, 5.74) is 3.13. The van der Waals surface area contributed by atoms with Crippen LogP contribution in [0.5, 0.6) is 5.75 Å². The molecule has 0 radical (unpaired) electrons. The van der Waals surface area contributed by atoms with Crippen molar-refractivity contribution < 1.29 is 4.74 Å². The summed E-state index contributed by atoms with van der Waals surface area (Å²) < 4.78 is 5.35. The summed E-state index contributed by atoms with van der Waals surface area (Å²) in [7, 11) is 1.66. The van der Waals surface area contributed by atoms with Crippen molar-refractivity contribution in [3.63, 3.8) is 0 Å². The molecule has 6 heteroatoms. The van der Waals surface area contributed by atoms with Crippen LogP contribution in [0.3, 0.4) is 0 Å². The SMILES string of the molecule is COc1ccccc1CNc1cnnc(Nc2ccccc2C)n1. The molecule has 6 nitrogen and oxygen atoms in total. The molecule has 3 aromatic rings. The third-order valence-electron chi connectivity index (χ3n) is 3.60. The van der Waals surface area contributed by atoms with Crippen molar-refractivity contribution >= 4 is 17.5 Å². The van der Waals surface area contributed by atoms with Crippen LogP contribution in [-0.4, -0.2) is 22.3 Å². The molecule has 2 aromatic carbocycles. The number of hydrogen-bond acceptors (Lipinski definition) is 6. The van der Waals surface area contributed by atoms with Crippen LogP contribution in [0.2, 0.25) is 0 Å². The number of methoxy groups -OCH3 is 1. The van der Waals surface area contributed by atoms with Crippen molar-refractivity contribution in [1.29, 1.82) is 0 Å². The fraction of sp³-hybridized carbons (Fsp3) is 0.167. The van der Waals surface area contributed by atoms with Gasteiger partial charge in [-0.05, 0) is 24.6 Å². The summed E-state index contributed by atoms with van der Waals surface area (Å²) in [5.74, 6) is 1.94. The molecule has 0 aliphatic heterocycles. The topological polar surface area (TPSA) is 72.0 Å². The molecule has 122 valence electrons. The van der Waals surface area contributed by atoms with Crippen molar-refractivity contribution in [3.05, 3.63) is 65.9 Å². The molecule has 0 aliphatic rings. The van der Waals surface area contributed by atoms with Gasteiger partial charge in [-0.25, -0.2) is 0 Å². The summed E-state index contributed by atoms with van der Waals surface area (Å²) in [6, 6.07) is 15.8. The van der Waals surface area contributed by atoms with Gasteiger partial charge in [-0.1, -0.05) is 36.4 Å². The molecule has 1 aromatic heterocycles. The van der Waals surface area contributed by atoms with Crippen LogP contribution < -0.4 is 15.4 Å². The van der Waals surface area contributed by atoms with Crippen molar-refractivity contribution in [3.8, 4) is 5.75 Å². The quantitative estimate of drug-likeness (QED) is 0.723. The zero-order chi connectivity index (χ0) is 16.8. The number of nitrogens with zero attached hydrogens (tertiary/aromatic N) is 3. The second-order valence-electron chi connectivity index (χ2n) is 5.27. The number of rotatable bonds is 6. The second kappa shape index (κ2) is 7.41. The zero-order valence-electron chi connectivity index (χ0n) is 13.7. The lowest BCUT2D eigenvalue weighted by Crippen LogP contribution is -2.06. The maximum Gasteiger partial charge on any atom is 0.249 e. The minimum atomic E-state index is 0.453. The molecule has 0 unspecified atom stereocenters. The first kappa shape index (κ1) is 15.7. The van der Waals surface area contributed by atoms with Crippen LogP contribution in [0.4, 0.5) is 17.5 Å². The monoisotopic (exact) mass is 321 g/mol. The summed E-state index contributed by atoms with van der Waals surface area (Å²) in [6.45, 7) is 2.62. The first-order valence-corrected chi connectivity index (χ1v) is 7.64. The first-order chi connectivity index (χ1) is 11.8. The minimum Gasteiger partial charge on any atom is -0.496 e. The van der Waals surface area contributed by atoms with E-state index in [4.69, 9.17) is 4.74 Å². The van der Waals surface area contributed by atoms with Gasteiger partial charge >= 0.3 is 0 Å². The summed E-state index contributed by atoms with van der Waals surface area (Å²) >= 11 is 0. The smallest absolute Gasteiger partial charge is 0.249 e. The fourth-order valence-corrected chi connectivity index (χ4v) is 2.31. The molecule has 0 saturated carbocycles. The Hall–Kier alpha value is -3.15. The normalized spacial score (nSPS) is 10.2. The van der Waals surface area contributed by atoms with E-state index < -0.39 is 0 Å². The molecule has 0 atom stereocenters. The Labute approximate surface area is 140 Å². The summed E-state index contributed by atoms with van der Waals surface area (Å²) in [5, 5.41) is 14.5. The van der Waals surface area contributed by atoms with E-state index in [-0.39, 0.29) is 0 Å². The molecule has 2 N–H and O–H groups in total. The van der Waals surface area contributed by atoms with Gasteiger partial charge in [0.25, 0.3) is 0 Å². The Morgan fingerprint density at radius 3 is 2.67 bits per heavy atom. The number of hydrogen-bond donors (Lipinski definition) is 2. The molecule has 3 rings (SSSR count). The van der Waals surface area contributed by atoms with Gasteiger partial charge < -0.3 is 15.4 Å². The lowest BCUT2D eigenvalue weighted by molar-refractivity contribution is 0.410. The number of anilines is 3. The average molecular weight is 321 g/mol. The molecule has 1 heterocycles. The minimum absolute atomic E-state index is 0.453. The number of ether oxygens (including phenoxy) is 1. The molecular formula is C18H19N5O. The number of para-hydroxylation sites is 2. The van der Waals surface area contributed by atoms with Crippen LogP contribution in [-0.2, 0) is 6.54 Å². The zero-order valence-corrected chi connectivity index (χ0v) is 13.7.